The lowest BCUT2D eigenvalue weighted by atomic mass is 9.83. The molecule has 2 atom stereocenters. The molecule has 2 amide bonds. The van der Waals surface area contributed by atoms with Crippen LogP contribution in [0.1, 0.15) is 44.2 Å². The maximum Gasteiger partial charge on any atom is 0.311 e. The number of benzene rings is 2. The molecule has 0 aromatic heterocycles. The number of para-hydroxylation sites is 1. The largest absolute Gasteiger partial charge is 0.496 e. The van der Waals surface area contributed by atoms with Gasteiger partial charge in [-0.2, -0.15) is 0 Å². The van der Waals surface area contributed by atoms with Crippen LogP contribution in [-0.4, -0.2) is 49.7 Å². The Morgan fingerprint density at radius 2 is 1.94 bits per heavy atom. The van der Waals surface area contributed by atoms with Gasteiger partial charge in [-0.3, -0.25) is 14.4 Å². The quantitative estimate of drug-likeness (QED) is 0.544. The van der Waals surface area contributed by atoms with Crippen LogP contribution in [0, 0.1) is 5.92 Å². The Morgan fingerprint density at radius 1 is 1.14 bits per heavy atom. The highest BCUT2D eigenvalue weighted by molar-refractivity contribution is 5.93. The summed E-state index contributed by atoms with van der Waals surface area (Å²) >= 11 is 0. The molecular formula is C26H30N2O7. The summed E-state index contributed by atoms with van der Waals surface area (Å²) in [4.78, 5) is 40.3. The molecule has 9 nitrogen and oxygen atoms in total. The Morgan fingerprint density at radius 3 is 2.74 bits per heavy atom. The van der Waals surface area contributed by atoms with Crippen LogP contribution in [0.4, 0.5) is 5.69 Å². The van der Waals surface area contributed by atoms with Crippen LogP contribution in [0.5, 0.6) is 17.2 Å². The highest BCUT2D eigenvalue weighted by atomic mass is 16.7. The number of hydrogen-bond acceptors (Lipinski definition) is 7. The zero-order chi connectivity index (χ0) is 24.8. The summed E-state index contributed by atoms with van der Waals surface area (Å²) in [5.41, 5.74) is 1.27. The summed E-state index contributed by atoms with van der Waals surface area (Å²) in [6, 6.07) is 11.9. The number of rotatable bonds is 9. The molecule has 2 unspecified atom stereocenters. The molecule has 1 saturated heterocycles. The first-order valence-electron chi connectivity index (χ1n) is 11.8. The molecule has 0 saturated carbocycles. The third-order valence-corrected chi connectivity index (χ3v) is 6.22. The van der Waals surface area contributed by atoms with Crippen LogP contribution in [0.15, 0.2) is 42.5 Å². The fourth-order valence-electron chi connectivity index (χ4n) is 4.50. The number of fused-ring (bicyclic) bond motifs is 1. The first-order valence-corrected chi connectivity index (χ1v) is 11.8. The Kier molecular flexibility index (Phi) is 7.74. The van der Waals surface area contributed by atoms with E-state index in [4.69, 9.17) is 18.9 Å². The lowest BCUT2D eigenvalue weighted by Crippen LogP contribution is -2.46. The minimum Gasteiger partial charge on any atom is -0.496 e. The molecule has 1 N–H and O–H groups in total. The van der Waals surface area contributed by atoms with Gasteiger partial charge in [-0.05, 0) is 31.0 Å². The van der Waals surface area contributed by atoms with Crippen LogP contribution < -0.4 is 19.5 Å². The standard InChI is InChI=1S/C26H30N2O7/c1-3-4-13-28-24(30)12-10-19(25(28)18-7-5-6-8-20(18)32-2)26(31)33-15-23(29)27-17-9-11-21-22(14-17)35-16-34-21/h5-9,11,14,19,25H,3-4,10,12-13,15-16H2,1-2H3,(H,27,29). The number of methoxy groups -OCH3 is 1. The van der Waals surface area contributed by atoms with E-state index in [1.54, 1.807) is 30.2 Å². The summed E-state index contributed by atoms with van der Waals surface area (Å²) in [6.07, 6.45) is 2.32. The first kappa shape index (κ1) is 24.4. The van der Waals surface area contributed by atoms with Gasteiger partial charge in [-0.25, -0.2) is 0 Å². The fourth-order valence-corrected chi connectivity index (χ4v) is 4.50. The average molecular weight is 483 g/mol. The number of nitrogens with zero attached hydrogens (tertiary/aromatic N) is 1. The van der Waals surface area contributed by atoms with Gasteiger partial charge in [0.15, 0.2) is 18.1 Å². The number of carbonyl (C=O) groups excluding carboxylic acids is 3. The van der Waals surface area contributed by atoms with Crippen LogP contribution in [-0.2, 0) is 19.1 Å². The normalized spacial score (nSPS) is 18.8. The van der Waals surface area contributed by atoms with Crippen molar-refractivity contribution in [1.82, 2.24) is 4.90 Å². The molecule has 2 aliphatic heterocycles. The van der Waals surface area contributed by atoms with E-state index in [0.29, 0.717) is 35.9 Å². The molecule has 0 aliphatic carbocycles. The van der Waals surface area contributed by atoms with Crippen molar-refractivity contribution >= 4 is 23.5 Å². The van der Waals surface area contributed by atoms with E-state index in [0.717, 1.165) is 18.4 Å². The van der Waals surface area contributed by atoms with Crippen LogP contribution >= 0.6 is 0 Å². The van der Waals surface area contributed by atoms with E-state index >= 15 is 0 Å². The molecule has 0 spiro atoms. The lowest BCUT2D eigenvalue weighted by molar-refractivity contribution is -0.159. The molecule has 2 aliphatic rings. The van der Waals surface area contributed by atoms with Gasteiger partial charge >= 0.3 is 5.97 Å². The number of amides is 2. The van der Waals surface area contributed by atoms with Crippen molar-refractivity contribution in [3.63, 3.8) is 0 Å². The Labute approximate surface area is 204 Å². The Balaban J connectivity index is 1.47. The number of carbonyl (C=O) groups is 3. The second kappa shape index (κ2) is 11.1. The summed E-state index contributed by atoms with van der Waals surface area (Å²) in [5, 5.41) is 2.70. The van der Waals surface area contributed by atoms with Gasteiger partial charge < -0.3 is 29.2 Å². The fraction of sp³-hybridized carbons (Fsp3) is 0.423. The molecular weight excluding hydrogens is 452 g/mol. The molecule has 2 aromatic rings. The monoisotopic (exact) mass is 482 g/mol. The minimum atomic E-state index is -0.612. The zero-order valence-electron chi connectivity index (χ0n) is 20.0. The summed E-state index contributed by atoms with van der Waals surface area (Å²) in [7, 11) is 1.56. The molecule has 4 rings (SSSR count). The molecule has 0 radical (unpaired) electrons. The van der Waals surface area contributed by atoms with E-state index in [2.05, 4.69) is 12.2 Å². The van der Waals surface area contributed by atoms with E-state index in [1.807, 2.05) is 24.3 Å². The predicted octanol–water partition coefficient (Wildman–Crippen LogP) is 3.69. The van der Waals surface area contributed by atoms with Gasteiger partial charge in [0.25, 0.3) is 5.91 Å². The van der Waals surface area contributed by atoms with Crippen molar-refractivity contribution < 1.29 is 33.3 Å². The topological polar surface area (TPSA) is 103 Å². The maximum absolute atomic E-state index is 13.2. The number of hydrogen-bond donors (Lipinski definition) is 1. The van der Waals surface area contributed by atoms with Crippen LogP contribution in [0.2, 0.25) is 0 Å². The average Bonchev–Trinajstić information content (AvgIpc) is 3.34. The highest BCUT2D eigenvalue weighted by Crippen LogP contribution is 2.41. The smallest absolute Gasteiger partial charge is 0.311 e. The van der Waals surface area contributed by atoms with Gasteiger partial charge in [-0.15, -0.1) is 0 Å². The number of likely N-dealkylation sites (tertiary alicyclic amines) is 1. The maximum atomic E-state index is 13.2. The van der Waals surface area contributed by atoms with Crippen molar-refractivity contribution in [3.05, 3.63) is 48.0 Å². The van der Waals surface area contributed by atoms with Gasteiger partial charge in [0.1, 0.15) is 5.75 Å². The number of piperidine rings is 1. The van der Waals surface area contributed by atoms with Gasteiger partial charge in [-0.1, -0.05) is 31.5 Å². The van der Waals surface area contributed by atoms with Crippen molar-refractivity contribution in [2.75, 3.05) is 32.4 Å². The Hall–Kier alpha value is -3.75. The van der Waals surface area contributed by atoms with E-state index in [-0.39, 0.29) is 19.1 Å². The van der Waals surface area contributed by atoms with Gasteiger partial charge in [0, 0.05) is 30.3 Å². The van der Waals surface area contributed by atoms with Crippen molar-refractivity contribution in [2.45, 2.75) is 38.6 Å². The number of anilines is 1. The highest BCUT2D eigenvalue weighted by Gasteiger charge is 2.42. The number of esters is 1. The summed E-state index contributed by atoms with van der Waals surface area (Å²) in [5.74, 6) is 0.150. The van der Waals surface area contributed by atoms with Crippen molar-refractivity contribution in [3.8, 4) is 17.2 Å². The van der Waals surface area contributed by atoms with Gasteiger partial charge in [0.2, 0.25) is 12.7 Å². The Bertz CT molecular complexity index is 1090. The molecule has 35 heavy (non-hydrogen) atoms. The van der Waals surface area contributed by atoms with Crippen molar-refractivity contribution in [2.24, 2.45) is 5.92 Å². The van der Waals surface area contributed by atoms with Crippen LogP contribution in [0.25, 0.3) is 0 Å². The predicted molar refractivity (Wildman–Crippen MR) is 127 cm³/mol. The lowest BCUT2D eigenvalue weighted by Gasteiger charge is -2.40. The second-order valence-electron chi connectivity index (χ2n) is 8.50. The molecule has 2 heterocycles. The van der Waals surface area contributed by atoms with Crippen LogP contribution in [0.3, 0.4) is 0 Å². The summed E-state index contributed by atoms with van der Waals surface area (Å²) in [6.45, 7) is 2.28. The molecule has 0 bridgehead atoms. The third-order valence-electron chi connectivity index (χ3n) is 6.22. The molecule has 186 valence electrons. The van der Waals surface area contributed by atoms with Gasteiger partial charge in [0.05, 0.1) is 19.1 Å². The zero-order valence-corrected chi connectivity index (χ0v) is 20.0. The number of ether oxygens (including phenoxy) is 4. The molecule has 9 heteroatoms. The SMILES string of the molecule is CCCCN1C(=O)CCC(C(=O)OCC(=O)Nc2ccc3c(c2)OCO3)C1c1ccccc1OC. The third kappa shape index (κ3) is 5.50. The van der Waals surface area contributed by atoms with E-state index < -0.39 is 30.4 Å². The van der Waals surface area contributed by atoms with Crippen molar-refractivity contribution in [1.29, 1.82) is 0 Å². The van der Waals surface area contributed by atoms with E-state index in [1.165, 1.54) is 0 Å². The molecule has 2 aromatic carbocycles. The second-order valence-corrected chi connectivity index (χ2v) is 8.50. The number of unbranched alkanes of at least 4 members (excludes halogenated alkanes) is 1. The minimum absolute atomic E-state index is 0.000965. The molecule has 1 fully saturated rings. The number of nitrogens with one attached hydrogen (secondary N) is 1. The first-order chi connectivity index (χ1) is 17.0. The summed E-state index contributed by atoms with van der Waals surface area (Å²) < 4.78 is 21.6. The van der Waals surface area contributed by atoms with E-state index in [9.17, 15) is 14.4 Å².